The fraction of sp³-hybridized carbons (Fsp3) is 0.966. The minimum absolute atomic E-state index is 0.000235. The number of allylic oxidation sites excluding steroid dienone is 1. The number of aliphatic hydroxyl groups is 14. The third-order valence-electron chi connectivity index (χ3n) is 21.8. The van der Waals surface area contributed by atoms with E-state index in [0.717, 1.165) is 32.1 Å². The molecule has 10 aliphatic rings. The molecule has 0 amide bonds. The van der Waals surface area contributed by atoms with Crippen molar-refractivity contribution < 1.29 is 128 Å². The molecule has 6 heterocycles. The number of hydrogen-bond donors (Lipinski definition) is 14. The molecule has 0 radical (unpaired) electrons. The van der Waals surface area contributed by atoms with Crippen LogP contribution in [0.1, 0.15) is 106 Å². The van der Waals surface area contributed by atoms with Gasteiger partial charge in [-0.3, -0.25) is 0 Å². The summed E-state index contributed by atoms with van der Waals surface area (Å²) < 4.78 is 73.6. The minimum Gasteiger partial charge on any atom is -0.394 e. The van der Waals surface area contributed by atoms with Crippen molar-refractivity contribution in [2.45, 2.75) is 278 Å². The summed E-state index contributed by atoms with van der Waals surface area (Å²) in [6.07, 6.45) is -28.2. The highest BCUT2D eigenvalue weighted by atomic mass is 16.8. The lowest BCUT2D eigenvalue weighted by Gasteiger charge is -2.58. The first-order valence-electron chi connectivity index (χ1n) is 30.5. The van der Waals surface area contributed by atoms with Crippen molar-refractivity contribution in [3.8, 4) is 0 Å². The molecule has 0 bridgehead atoms. The van der Waals surface area contributed by atoms with Crippen molar-refractivity contribution in [3.63, 3.8) is 0 Å². The molecular weight excluding hydrogens is 1110 g/mol. The van der Waals surface area contributed by atoms with Gasteiger partial charge >= 0.3 is 0 Å². The van der Waals surface area contributed by atoms with Crippen molar-refractivity contribution in [1.82, 2.24) is 0 Å². The molecule has 10 rings (SSSR count). The molecule has 484 valence electrons. The number of rotatable bonds is 17. The van der Waals surface area contributed by atoms with Crippen LogP contribution >= 0.6 is 0 Å². The van der Waals surface area contributed by atoms with Crippen LogP contribution in [0.4, 0.5) is 0 Å². The average Bonchev–Trinajstić information content (AvgIpc) is 1.99. The molecular formula is C58H96O26. The summed E-state index contributed by atoms with van der Waals surface area (Å²) in [6.45, 7) is 12.4. The molecule has 3 saturated carbocycles. The Morgan fingerprint density at radius 1 is 0.571 bits per heavy atom. The van der Waals surface area contributed by atoms with Gasteiger partial charge in [0.25, 0.3) is 0 Å². The summed E-state index contributed by atoms with van der Waals surface area (Å²) in [4.78, 5) is 0. The number of ether oxygens (including phenoxy) is 12. The van der Waals surface area contributed by atoms with E-state index in [4.69, 9.17) is 56.8 Å². The molecule has 0 aromatic heterocycles. The predicted octanol–water partition coefficient (Wildman–Crippen LogP) is -2.47. The van der Waals surface area contributed by atoms with Gasteiger partial charge in [-0.15, -0.1) is 0 Å². The molecule has 0 aromatic rings. The Balaban J connectivity index is 0.792. The number of fused-ring (bicyclic) bond motifs is 7. The number of aliphatic hydroxyl groups excluding tert-OH is 14. The standard InChI is InChI=1S/C58H96O26/c1-22(21-74-51-43(68)41(66)38(63)33(19-59)79-51)11-16-58(73-8)23(2)35-32(84-58)18-31-29-10-9-27-17-28(12-14-56(27,6)30(29)13-15-57(31,35)7)78-55-50(83-53-45(70)40(65)37(62)25(4)76-53)47(72)49(34(20-60)80-55)82-54-46(71)42(67)48(26(5)77-54)81-52-44(69)39(64)36(61)24(3)75-52/h9,22-26,28-55,59-72H,10-21H2,1-8H3/t22-,23+,24+,25+,26+,28+,29+,30-,31+,32-,33-,34-,35-,36+,37+,38-,39-,40-,41+,42+,43-,44-,45-,46-,47+,48+,49-,50-,51-,52+,53+,54+,55-,56+,57+,58-/m1/s1. The summed E-state index contributed by atoms with van der Waals surface area (Å²) >= 11 is 0. The maximum atomic E-state index is 12.3. The van der Waals surface area contributed by atoms with Gasteiger partial charge in [0.05, 0.1) is 50.3 Å². The second-order valence-corrected chi connectivity index (χ2v) is 26.8. The van der Waals surface area contributed by atoms with Gasteiger partial charge in [-0.05, 0) is 113 Å². The van der Waals surface area contributed by atoms with Crippen LogP contribution in [0.15, 0.2) is 11.6 Å². The highest BCUT2D eigenvalue weighted by Crippen LogP contribution is 2.70. The predicted molar refractivity (Wildman–Crippen MR) is 285 cm³/mol. The van der Waals surface area contributed by atoms with E-state index in [1.807, 2.05) is 6.92 Å². The molecule has 9 fully saturated rings. The van der Waals surface area contributed by atoms with Crippen molar-refractivity contribution in [1.29, 1.82) is 0 Å². The van der Waals surface area contributed by atoms with E-state index < -0.39 is 179 Å². The lowest BCUT2D eigenvalue weighted by Crippen LogP contribution is -2.67. The second kappa shape index (κ2) is 25.8. The zero-order chi connectivity index (χ0) is 60.8. The maximum absolute atomic E-state index is 12.3. The van der Waals surface area contributed by atoms with Crippen molar-refractivity contribution in [2.75, 3.05) is 26.9 Å². The average molecular weight is 1210 g/mol. The Morgan fingerprint density at radius 2 is 1.13 bits per heavy atom. The lowest BCUT2D eigenvalue weighted by atomic mass is 9.47. The molecule has 0 unspecified atom stereocenters. The normalized spacial score (nSPS) is 55.3. The van der Waals surface area contributed by atoms with Crippen LogP contribution in [-0.2, 0) is 56.8 Å². The Hall–Kier alpha value is -1.30. The zero-order valence-electron chi connectivity index (χ0n) is 49.3. The van der Waals surface area contributed by atoms with E-state index in [2.05, 4.69) is 26.8 Å². The van der Waals surface area contributed by atoms with Gasteiger partial charge in [-0.25, -0.2) is 0 Å². The Kier molecular flexibility index (Phi) is 20.1. The molecule has 84 heavy (non-hydrogen) atoms. The van der Waals surface area contributed by atoms with Gasteiger partial charge in [0, 0.05) is 19.4 Å². The summed E-state index contributed by atoms with van der Waals surface area (Å²) in [6, 6.07) is 0. The van der Waals surface area contributed by atoms with Crippen molar-refractivity contribution >= 4 is 0 Å². The fourth-order valence-corrected chi connectivity index (χ4v) is 16.7. The van der Waals surface area contributed by atoms with Crippen LogP contribution in [0.25, 0.3) is 0 Å². The zero-order valence-corrected chi connectivity index (χ0v) is 49.3. The molecule has 0 aromatic carbocycles. The highest BCUT2D eigenvalue weighted by Gasteiger charge is 2.69. The lowest BCUT2D eigenvalue weighted by molar-refractivity contribution is -0.394. The smallest absolute Gasteiger partial charge is 0.187 e. The van der Waals surface area contributed by atoms with E-state index >= 15 is 0 Å². The quantitative estimate of drug-likeness (QED) is 0.0671. The highest BCUT2D eigenvalue weighted by molar-refractivity contribution is 5.26. The van der Waals surface area contributed by atoms with Gasteiger partial charge in [-0.2, -0.15) is 0 Å². The van der Waals surface area contributed by atoms with E-state index in [-0.39, 0.29) is 41.3 Å². The number of methoxy groups -OCH3 is 1. The van der Waals surface area contributed by atoms with Crippen LogP contribution in [0.2, 0.25) is 0 Å². The van der Waals surface area contributed by atoms with E-state index in [1.54, 1.807) is 7.11 Å². The molecule has 6 aliphatic heterocycles. The maximum Gasteiger partial charge on any atom is 0.187 e. The summed E-state index contributed by atoms with van der Waals surface area (Å²) in [7, 11) is 1.71. The summed E-state index contributed by atoms with van der Waals surface area (Å²) in [5, 5.41) is 150. The van der Waals surface area contributed by atoms with Gasteiger partial charge in [0.1, 0.15) is 104 Å². The fourth-order valence-electron chi connectivity index (χ4n) is 16.7. The minimum atomic E-state index is -1.88. The van der Waals surface area contributed by atoms with Crippen molar-refractivity contribution in [3.05, 3.63) is 11.6 Å². The molecule has 26 nitrogen and oxygen atoms in total. The van der Waals surface area contributed by atoms with Crippen molar-refractivity contribution in [2.24, 2.45) is 46.3 Å². The molecule has 6 saturated heterocycles. The van der Waals surface area contributed by atoms with Crippen LogP contribution < -0.4 is 0 Å². The molecule has 4 aliphatic carbocycles. The second-order valence-electron chi connectivity index (χ2n) is 26.8. The molecule has 36 atom stereocenters. The monoisotopic (exact) mass is 1210 g/mol. The Labute approximate surface area is 489 Å². The third kappa shape index (κ3) is 11.8. The van der Waals surface area contributed by atoms with Gasteiger partial charge in [-0.1, -0.05) is 39.3 Å². The molecule has 14 N–H and O–H groups in total. The van der Waals surface area contributed by atoms with Crippen LogP contribution in [-0.4, -0.2) is 270 Å². The van der Waals surface area contributed by atoms with Crippen LogP contribution in [0.3, 0.4) is 0 Å². The topological polar surface area (TPSA) is 394 Å². The Bertz CT molecular complexity index is 2220. The van der Waals surface area contributed by atoms with Gasteiger partial charge < -0.3 is 128 Å². The van der Waals surface area contributed by atoms with E-state index in [9.17, 15) is 71.5 Å². The first-order chi connectivity index (χ1) is 39.7. The number of hydrogen-bond acceptors (Lipinski definition) is 26. The molecule has 26 heteroatoms. The van der Waals surface area contributed by atoms with E-state index in [1.165, 1.54) is 26.3 Å². The Morgan fingerprint density at radius 3 is 1.75 bits per heavy atom. The first-order valence-corrected chi connectivity index (χ1v) is 30.5. The van der Waals surface area contributed by atoms with Crippen LogP contribution in [0.5, 0.6) is 0 Å². The summed E-state index contributed by atoms with van der Waals surface area (Å²) in [5.74, 6) is 0.707. The SMILES string of the molecule is CO[C@]1(CC[C@@H](C)CO[C@@H]2O[C@H](CO)[C@@H](O)[C@H](O)[C@H]2O)O[C@@H]2C[C@H]3[C@H]4CC=C5C[C@@H](O[C@@H]6O[C@H](CO)[C@@H](O[C@@H]7O[C@@H](C)[C@H](O[C@@H]8O[C@@H](C)[C@H](O)[C@@H](O)[C@H]8O)[C@@H](O)[C@H]7O)[C@H](O)[C@H]6O[C@@H]6O[C@@H](C)[C@H](O)[C@@H](O)[C@H]6O)CC[C@]5(C)[C@@H]4CC[C@]3(C)[C@@H]2[C@@H]1C. The first kappa shape index (κ1) is 65.6. The van der Waals surface area contributed by atoms with Gasteiger partial charge in [0.15, 0.2) is 37.2 Å². The van der Waals surface area contributed by atoms with Crippen LogP contribution in [0, 0.1) is 46.3 Å². The van der Waals surface area contributed by atoms with E-state index in [0.29, 0.717) is 43.4 Å². The summed E-state index contributed by atoms with van der Waals surface area (Å²) in [5.41, 5.74) is 1.09. The third-order valence-corrected chi connectivity index (χ3v) is 21.8. The largest absolute Gasteiger partial charge is 0.394 e. The molecule has 0 spiro atoms. The van der Waals surface area contributed by atoms with Gasteiger partial charge in [0.2, 0.25) is 0 Å².